The molecule has 4 heteroatoms. The summed E-state index contributed by atoms with van der Waals surface area (Å²) < 4.78 is 0. The fourth-order valence-electron chi connectivity index (χ4n) is 1.91. The van der Waals surface area contributed by atoms with Gasteiger partial charge in [0.2, 0.25) is 5.56 Å². The van der Waals surface area contributed by atoms with E-state index in [0.29, 0.717) is 12.2 Å². The number of carbonyl (C=O) groups is 1. The van der Waals surface area contributed by atoms with Gasteiger partial charge >= 0.3 is 0 Å². The molecular formula is C15H24N2O2. The standard InChI is InChI=1S/C15H24N2O2/c1-12(2)8-5-3-4-6-11-16-15(19)13-9-7-10-14(18)17-13/h7,9-10,12H,3-6,8,11H2,1-2H3,(H,16,19)(H,17,18). The summed E-state index contributed by atoms with van der Waals surface area (Å²) in [5.41, 5.74) is 0.0774. The number of hydrogen-bond acceptors (Lipinski definition) is 2. The molecule has 0 radical (unpaired) electrons. The molecule has 0 unspecified atom stereocenters. The van der Waals surface area contributed by atoms with E-state index in [1.807, 2.05) is 0 Å². The molecule has 4 nitrogen and oxygen atoms in total. The molecule has 19 heavy (non-hydrogen) atoms. The van der Waals surface area contributed by atoms with Crippen molar-refractivity contribution < 1.29 is 4.79 Å². The zero-order chi connectivity index (χ0) is 14.1. The molecule has 0 aliphatic rings. The number of unbranched alkanes of at least 4 members (excludes halogenated alkanes) is 3. The van der Waals surface area contributed by atoms with Crippen molar-refractivity contribution in [1.82, 2.24) is 10.3 Å². The van der Waals surface area contributed by atoms with Crippen LogP contribution in [0.15, 0.2) is 23.0 Å². The molecular weight excluding hydrogens is 240 g/mol. The number of nitrogens with one attached hydrogen (secondary N) is 2. The number of aromatic amines is 1. The van der Waals surface area contributed by atoms with E-state index >= 15 is 0 Å². The van der Waals surface area contributed by atoms with E-state index in [9.17, 15) is 9.59 Å². The van der Waals surface area contributed by atoms with E-state index in [1.54, 1.807) is 12.1 Å². The number of pyridine rings is 1. The average molecular weight is 264 g/mol. The van der Waals surface area contributed by atoms with E-state index in [4.69, 9.17) is 0 Å². The van der Waals surface area contributed by atoms with Crippen LogP contribution in [0.4, 0.5) is 0 Å². The van der Waals surface area contributed by atoms with Crippen LogP contribution in [0.2, 0.25) is 0 Å². The van der Waals surface area contributed by atoms with Gasteiger partial charge in [-0.3, -0.25) is 9.59 Å². The van der Waals surface area contributed by atoms with Crippen molar-refractivity contribution in [3.63, 3.8) is 0 Å². The summed E-state index contributed by atoms with van der Waals surface area (Å²) >= 11 is 0. The summed E-state index contributed by atoms with van der Waals surface area (Å²) in [5.74, 6) is 0.564. The third kappa shape index (κ3) is 6.79. The highest BCUT2D eigenvalue weighted by Gasteiger charge is 2.04. The second kappa shape index (κ2) is 8.51. The van der Waals surface area contributed by atoms with Crippen molar-refractivity contribution >= 4 is 5.91 Å². The number of rotatable bonds is 8. The number of H-pyrrole nitrogens is 1. The molecule has 0 aliphatic carbocycles. The smallest absolute Gasteiger partial charge is 0.267 e. The van der Waals surface area contributed by atoms with Crippen LogP contribution in [0, 0.1) is 5.92 Å². The molecule has 0 saturated carbocycles. The Labute approximate surface area is 114 Å². The zero-order valence-corrected chi connectivity index (χ0v) is 11.9. The Morgan fingerprint density at radius 1 is 1.21 bits per heavy atom. The van der Waals surface area contributed by atoms with Gasteiger partial charge in [0.1, 0.15) is 5.69 Å². The lowest BCUT2D eigenvalue weighted by molar-refractivity contribution is 0.0947. The van der Waals surface area contributed by atoms with Gasteiger partial charge in [-0.05, 0) is 18.4 Å². The van der Waals surface area contributed by atoms with Gasteiger partial charge in [-0.15, -0.1) is 0 Å². The first kappa shape index (κ1) is 15.5. The van der Waals surface area contributed by atoms with Crippen LogP contribution in [-0.4, -0.2) is 17.4 Å². The fraction of sp³-hybridized carbons (Fsp3) is 0.600. The molecule has 0 aliphatic heterocycles. The topological polar surface area (TPSA) is 62.0 Å². The Morgan fingerprint density at radius 3 is 2.63 bits per heavy atom. The van der Waals surface area contributed by atoms with Crippen molar-refractivity contribution in [3.8, 4) is 0 Å². The molecule has 0 spiro atoms. The lowest BCUT2D eigenvalue weighted by Crippen LogP contribution is -2.27. The molecule has 1 heterocycles. The minimum absolute atomic E-state index is 0.208. The molecule has 0 fully saturated rings. The van der Waals surface area contributed by atoms with Crippen LogP contribution in [0.5, 0.6) is 0 Å². The van der Waals surface area contributed by atoms with E-state index in [0.717, 1.165) is 18.8 Å². The summed E-state index contributed by atoms with van der Waals surface area (Å²) in [4.78, 5) is 25.3. The molecule has 0 bridgehead atoms. The largest absolute Gasteiger partial charge is 0.351 e. The summed E-state index contributed by atoms with van der Waals surface area (Å²) in [7, 11) is 0. The lowest BCUT2D eigenvalue weighted by Gasteiger charge is -2.06. The minimum atomic E-state index is -0.249. The van der Waals surface area contributed by atoms with Crippen molar-refractivity contribution in [2.45, 2.75) is 46.0 Å². The molecule has 0 aromatic carbocycles. The Morgan fingerprint density at radius 2 is 1.95 bits per heavy atom. The maximum Gasteiger partial charge on any atom is 0.267 e. The number of carbonyl (C=O) groups excluding carboxylic acids is 1. The van der Waals surface area contributed by atoms with Crippen molar-refractivity contribution in [2.75, 3.05) is 6.54 Å². The van der Waals surface area contributed by atoms with Crippen LogP contribution in [0.1, 0.15) is 56.4 Å². The predicted molar refractivity (Wildman–Crippen MR) is 77.3 cm³/mol. The van der Waals surface area contributed by atoms with Crippen LogP contribution < -0.4 is 10.9 Å². The molecule has 0 saturated heterocycles. The molecule has 2 N–H and O–H groups in total. The summed E-state index contributed by atoms with van der Waals surface area (Å²) in [5, 5.41) is 2.82. The second-order valence-electron chi connectivity index (χ2n) is 5.28. The average Bonchev–Trinajstić information content (AvgIpc) is 2.37. The number of amides is 1. The maximum atomic E-state index is 11.7. The van der Waals surface area contributed by atoms with Gasteiger partial charge in [0.05, 0.1) is 0 Å². The van der Waals surface area contributed by atoms with E-state index in [1.165, 1.54) is 25.3 Å². The Hall–Kier alpha value is -1.58. The van der Waals surface area contributed by atoms with E-state index < -0.39 is 0 Å². The third-order valence-corrected chi connectivity index (χ3v) is 3.01. The van der Waals surface area contributed by atoms with Crippen LogP contribution >= 0.6 is 0 Å². The van der Waals surface area contributed by atoms with Gasteiger partial charge < -0.3 is 10.3 Å². The minimum Gasteiger partial charge on any atom is -0.351 e. The molecule has 1 amide bonds. The first-order valence-electron chi connectivity index (χ1n) is 7.07. The normalized spacial score (nSPS) is 10.7. The number of aromatic nitrogens is 1. The SMILES string of the molecule is CC(C)CCCCCCNC(=O)c1cccc(=O)[nH]1. The van der Waals surface area contributed by atoms with Crippen molar-refractivity contribution in [3.05, 3.63) is 34.2 Å². The zero-order valence-electron chi connectivity index (χ0n) is 11.9. The van der Waals surface area contributed by atoms with E-state index in [-0.39, 0.29) is 11.5 Å². The van der Waals surface area contributed by atoms with Crippen LogP contribution in [0.3, 0.4) is 0 Å². The molecule has 0 atom stereocenters. The highest BCUT2D eigenvalue weighted by atomic mass is 16.2. The van der Waals surface area contributed by atoms with Gasteiger partial charge in [-0.1, -0.05) is 45.6 Å². The Balaban J connectivity index is 2.13. The van der Waals surface area contributed by atoms with Gasteiger partial charge in [0.15, 0.2) is 0 Å². The lowest BCUT2D eigenvalue weighted by atomic mass is 10.0. The molecule has 106 valence electrons. The first-order valence-corrected chi connectivity index (χ1v) is 7.07. The summed E-state index contributed by atoms with van der Waals surface area (Å²) in [6.07, 6.45) is 5.88. The highest BCUT2D eigenvalue weighted by Crippen LogP contribution is 2.08. The summed E-state index contributed by atoms with van der Waals surface area (Å²) in [6.45, 7) is 5.14. The fourth-order valence-corrected chi connectivity index (χ4v) is 1.91. The molecule has 1 rings (SSSR count). The van der Waals surface area contributed by atoms with Gasteiger partial charge in [0.25, 0.3) is 5.91 Å². The highest BCUT2D eigenvalue weighted by molar-refractivity contribution is 5.92. The first-order chi connectivity index (χ1) is 9.09. The second-order valence-corrected chi connectivity index (χ2v) is 5.28. The molecule has 1 aromatic rings. The van der Waals surface area contributed by atoms with Gasteiger partial charge in [-0.25, -0.2) is 0 Å². The van der Waals surface area contributed by atoms with Gasteiger partial charge in [-0.2, -0.15) is 0 Å². The third-order valence-electron chi connectivity index (χ3n) is 3.01. The Bertz CT molecular complexity index is 438. The maximum absolute atomic E-state index is 11.7. The monoisotopic (exact) mass is 264 g/mol. The van der Waals surface area contributed by atoms with Crippen LogP contribution in [-0.2, 0) is 0 Å². The van der Waals surface area contributed by atoms with Crippen molar-refractivity contribution in [1.29, 1.82) is 0 Å². The van der Waals surface area contributed by atoms with Gasteiger partial charge in [0, 0.05) is 12.6 Å². The van der Waals surface area contributed by atoms with Crippen LogP contribution in [0.25, 0.3) is 0 Å². The predicted octanol–water partition coefficient (Wildman–Crippen LogP) is 2.71. The Kier molecular flexibility index (Phi) is 6.93. The van der Waals surface area contributed by atoms with Crippen molar-refractivity contribution in [2.24, 2.45) is 5.92 Å². The molecule has 1 aromatic heterocycles. The number of hydrogen-bond donors (Lipinski definition) is 2. The summed E-state index contributed by atoms with van der Waals surface area (Å²) in [6, 6.07) is 4.59. The quantitative estimate of drug-likeness (QED) is 0.709. The van der Waals surface area contributed by atoms with E-state index in [2.05, 4.69) is 24.1 Å².